The smallest absolute Gasteiger partial charge is 0.356 e. The standard InChI is InChI=1S/C28H35N5O7S/c1-18-24(27(35)36)30-33(28(2,3)4)26(18)40-22-11-10-20(29-25(34)19-8-7-9-21(16-19)39-6)17-23(22)41(37,38)32-14-12-31(5)13-15-32/h7-11,16-17H,12-15H2,1-6H3,(H,29,34)(H,35,36). The Labute approximate surface area is 239 Å². The number of carboxylic acid groups (broad SMARTS) is 1. The summed E-state index contributed by atoms with van der Waals surface area (Å²) in [6.07, 6.45) is 0. The molecule has 0 unspecified atom stereocenters. The monoisotopic (exact) mass is 585 g/mol. The van der Waals surface area contributed by atoms with Crippen molar-refractivity contribution in [3.63, 3.8) is 0 Å². The second kappa shape index (κ2) is 11.5. The maximum Gasteiger partial charge on any atom is 0.356 e. The van der Waals surface area contributed by atoms with Crippen molar-refractivity contribution in [2.45, 2.75) is 38.1 Å². The van der Waals surface area contributed by atoms with Crippen LogP contribution < -0.4 is 14.8 Å². The van der Waals surface area contributed by atoms with Crippen molar-refractivity contribution in [3.05, 3.63) is 59.3 Å². The van der Waals surface area contributed by atoms with E-state index < -0.39 is 27.4 Å². The molecule has 1 amide bonds. The molecule has 0 radical (unpaired) electrons. The van der Waals surface area contributed by atoms with E-state index in [2.05, 4.69) is 10.4 Å². The maximum atomic E-state index is 14.0. The fourth-order valence-corrected chi connectivity index (χ4v) is 5.93. The number of aromatic carboxylic acids is 1. The van der Waals surface area contributed by atoms with Crippen LogP contribution in [-0.2, 0) is 15.6 Å². The molecule has 0 spiro atoms. The topological polar surface area (TPSA) is 143 Å². The molecule has 220 valence electrons. The first-order valence-corrected chi connectivity index (χ1v) is 14.5. The molecule has 41 heavy (non-hydrogen) atoms. The van der Waals surface area contributed by atoms with Crippen molar-refractivity contribution in [3.8, 4) is 17.4 Å². The number of carbonyl (C=O) groups is 2. The molecule has 2 heterocycles. The lowest BCUT2D eigenvalue weighted by Crippen LogP contribution is -2.47. The lowest BCUT2D eigenvalue weighted by Gasteiger charge is -2.32. The van der Waals surface area contributed by atoms with Gasteiger partial charge in [0.15, 0.2) is 5.69 Å². The van der Waals surface area contributed by atoms with Gasteiger partial charge in [0.05, 0.1) is 12.6 Å². The van der Waals surface area contributed by atoms with Gasteiger partial charge in [0.2, 0.25) is 15.9 Å². The summed E-state index contributed by atoms with van der Waals surface area (Å²) in [5.41, 5.74) is -0.0369. The van der Waals surface area contributed by atoms with E-state index in [1.807, 2.05) is 32.7 Å². The summed E-state index contributed by atoms with van der Waals surface area (Å²) in [5.74, 6) is -1.08. The summed E-state index contributed by atoms with van der Waals surface area (Å²) in [6, 6.07) is 10.9. The van der Waals surface area contributed by atoms with E-state index in [0.717, 1.165) is 0 Å². The first kappa shape index (κ1) is 30.0. The summed E-state index contributed by atoms with van der Waals surface area (Å²) in [6.45, 7) is 8.72. The number of amides is 1. The van der Waals surface area contributed by atoms with Crippen LogP contribution in [0.2, 0.25) is 0 Å². The van der Waals surface area contributed by atoms with E-state index >= 15 is 0 Å². The summed E-state index contributed by atoms with van der Waals surface area (Å²) in [4.78, 5) is 26.7. The van der Waals surface area contributed by atoms with Crippen molar-refractivity contribution in [2.75, 3.05) is 45.7 Å². The average molecular weight is 586 g/mol. The minimum Gasteiger partial charge on any atom is -0.497 e. The Morgan fingerprint density at radius 3 is 2.34 bits per heavy atom. The van der Waals surface area contributed by atoms with Gasteiger partial charge in [-0.25, -0.2) is 17.9 Å². The molecule has 13 heteroatoms. The number of nitrogens with one attached hydrogen (secondary N) is 1. The third-order valence-corrected chi connectivity index (χ3v) is 8.65. The molecule has 4 rings (SSSR count). The molecule has 2 N–H and O–H groups in total. The van der Waals surface area contributed by atoms with Crippen LogP contribution in [0.15, 0.2) is 47.4 Å². The van der Waals surface area contributed by atoms with Gasteiger partial charge in [0.25, 0.3) is 5.91 Å². The number of carboxylic acids is 1. The van der Waals surface area contributed by atoms with Gasteiger partial charge in [-0.05, 0) is 71.1 Å². The molecule has 2 aromatic carbocycles. The number of nitrogens with zero attached hydrogens (tertiary/aromatic N) is 4. The van der Waals surface area contributed by atoms with Crippen LogP contribution in [-0.4, -0.2) is 84.7 Å². The molecule has 1 fully saturated rings. The lowest BCUT2D eigenvalue weighted by atomic mass is 10.1. The molecular weight excluding hydrogens is 550 g/mol. The number of carbonyl (C=O) groups excluding carboxylic acids is 1. The molecule has 1 saturated heterocycles. The zero-order valence-corrected chi connectivity index (χ0v) is 24.8. The molecule has 0 atom stereocenters. The largest absolute Gasteiger partial charge is 0.497 e. The first-order valence-electron chi connectivity index (χ1n) is 13.0. The quantitative estimate of drug-likeness (QED) is 0.405. The van der Waals surface area contributed by atoms with Gasteiger partial charge >= 0.3 is 5.97 Å². The highest BCUT2D eigenvalue weighted by Crippen LogP contribution is 2.37. The number of rotatable bonds is 8. The second-order valence-corrected chi connectivity index (χ2v) is 12.7. The Bertz CT molecular complexity index is 1570. The predicted octanol–water partition coefficient (Wildman–Crippen LogP) is 3.63. The van der Waals surface area contributed by atoms with Gasteiger partial charge in [-0.15, -0.1) is 0 Å². The van der Waals surface area contributed by atoms with E-state index in [0.29, 0.717) is 24.4 Å². The summed E-state index contributed by atoms with van der Waals surface area (Å²) in [7, 11) is -0.658. The number of hydrogen-bond acceptors (Lipinski definition) is 8. The maximum absolute atomic E-state index is 14.0. The Morgan fingerprint density at radius 1 is 1.05 bits per heavy atom. The summed E-state index contributed by atoms with van der Waals surface area (Å²) >= 11 is 0. The Morgan fingerprint density at radius 2 is 1.73 bits per heavy atom. The van der Waals surface area contributed by atoms with E-state index in [9.17, 15) is 23.1 Å². The zero-order valence-electron chi connectivity index (χ0n) is 24.0. The zero-order chi connectivity index (χ0) is 30.1. The van der Waals surface area contributed by atoms with Crippen molar-refractivity contribution in [1.82, 2.24) is 19.0 Å². The lowest BCUT2D eigenvalue weighted by molar-refractivity contribution is 0.0687. The minimum atomic E-state index is -4.08. The SMILES string of the molecule is COc1cccc(C(=O)Nc2ccc(Oc3c(C)c(C(=O)O)nn3C(C)(C)C)c(S(=O)(=O)N3CCN(C)CC3)c2)c1. The summed E-state index contributed by atoms with van der Waals surface area (Å²) < 4.78 is 42.1. The van der Waals surface area contributed by atoms with Crippen molar-refractivity contribution in [1.29, 1.82) is 0 Å². The van der Waals surface area contributed by atoms with E-state index in [1.165, 1.54) is 34.3 Å². The van der Waals surface area contributed by atoms with Gasteiger partial charge in [0.1, 0.15) is 16.4 Å². The number of anilines is 1. The van der Waals surface area contributed by atoms with Gasteiger partial charge in [0, 0.05) is 43.0 Å². The molecule has 1 aromatic heterocycles. The fraction of sp³-hybridized carbons (Fsp3) is 0.393. The second-order valence-electron chi connectivity index (χ2n) is 10.8. The predicted molar refractivity (Wildman–Crippen MR) is 153 cm³/mol. The summed E-state index contributed by atoms with van der Waals surface area (Å²) in [5, 5.41) is 16.7. The van der Waals surface area contributed by atoms with E-state index in [4.69, 9.17) is 9.47 Å². The van der Waals surface area contributed by atoms with Gasteiger partial charge < -0.3 is 24.8 Å². The van der Waals surface area contributed by atoms with Crippen LogP contribution in [0.1, 0.15) is 47.2 Å². The van der Waals surface area contributed by atoms with E-state index in [-0.39, 0.29) is 46.6 Å². The molecule has 1 aliphatic rings. The van der Waals surface area contributed by atoms with E-state index in [1.54, 1.807) is 31.2 Å². The number of ether oxygens (including phenoxy) is 2. The highest BCUT2D eigenvalue weighted by atomic mass is 32.2. The third kappa shape index (κ3) is 6.37. The van der Waals surface area contributed by atoms with Crippen LogP contribution in [0.25, 0.3) is 0 Å². The van der Waals surface area contributed by atoms with Crippen LogP contribution in [0, 0.1) is 6.92 Å². The number of hydrogen-bond donors (Lipinski definition) is 2. The molecule has 0 bridgehead atoms. The normalized spacial score (nSPS) is 15.0. The first-order chi connectivity index (χ1) is 19.2. The average Bonchev–Trinajstić information content (AvgIpc) is 3.26. The van der Waals surface area contributed by atoms with Gasteiger partial charge in [-0.1, -0.05) is 6.07 Å². The van der Waals surface area contributed by atoms with Gasteiger partial charge in [-0.3, -0.25) is 4.79 Å². The third-order valence-electron chi connectivity index (χ3n) is 6.73. The number of benzene rings is 2. The van der Waals surface area contributed by atoms with Gasteiger partial charge in [-0.2, -0.15) is 9.40 Å². The Hall–Kier alpha value is -3.94. The molecule has 0 saturated carbocycles. The number of piperazine rings is 1. The number of likely N-dealkylation sites (N-methyl/N-ethyl adjacent to an activating group) is 1. The number of sulfonamides is 1. The molecule has 0 aliphatic carbocycles. The van der Waals surface area contributed by atoms with Crippen LogP contribution in [0.5, 0.6) is 17.4 Å². The number of aromatic nitrogens is 2. The van der Waals surface area contributed by atoms with Crippen molar-refractivity contribution < 1.29 is 32.6 Å². The highest BCUT2D eigenvalue weighted by molar-refractivity contribution is 7.89. The van der Waals surface area contributed by atoms with Crippen LogP contribution in [0.3, 0.4) is 0 Å². The molecule has 3 aromatic rings. The molecule has 1 aliphatic heterocycles. The minimum absolute atomic E-state index is 0.0197. The fourth-order valence-electron chi connectivity index (χ4n) is 4.37. The Balaban J connectivity index is 1.79. The number of methoxy groups -OCH3 is 1. The van der Waals surface area contributed by atoms with Crippen LogP contribution >= 0.6 is 0 Å². The van der Waals surface area contributed by atoms with Crippen molar-refractivity contribution >= 4 is 27.6 Å². The molecule has 12 nitrogen and oxygen atoms in total. The Kier molecular flexibility index (Phi) is 8.43. The van der Waals surface area contributed by atoms with Crippen molar-refractivity contribution in [2.24, 2.45) is 0 Å². The highest BCUT2D eigenvalue weighted by Gasteiger charge is 2.33. The van der Waals surface area contributed by atoms with Crippen LogP contribution in [0.4, 0.5) is 5.69 Å². The molecular formula is C28H35N5O7S.